The van der Waals surface area contributed by atoms with Gasteiger partial charge < -0.3 is 0 Å². The summed E-state index contributed by atoms with van der Waals surface area (Å²) in [6.45, 7) is 8.28. The fourth-order valence-electron chi connectivity index (χ4n) is 7.84. The van der Waals surface area contributed by atoms with Crippen LogP contribution in [-0.4, -0.2) is 40.7 Å². The SMILES string of the molecule is C=C1c2cc(Cl)c(C)cc2C(=O)C1c1ccc2c(Cc3cccc4c3C(N(F)OC)=CCC4)ccc(N3C(=O)c4ccc(SCCCC)cc4C3=O)c2n1. The summed E-state index contributed by atoms with van der Waals surface area (Å²) in [5, 5.41) is 1.53. The summed E-state index contributed by atoms with van der Waals surface area (Å²) < 4.78 is 15.0. The zero-order valence-corrected chi connectivity index (χ0v) is 31.7. The van der Waals surface area contributed by atoms with Gasteiger partial charge in [-0.1, -0.05) is 77.7 Å². The van der Waals surface area contributed by atoms with Crippen LogP contribution in [0.5, 0.6) is 0 Å². The lowest BCUT2D eigenvalue weighted by Crippen LogP contribution is -2.29. The molecule has 2 amide bonds. The summed E-state index contributed by atoms with van der Waals surface area (Å²) in [5.41, 5.74) is 8.29. The Kier molecular flexibility index (Phi) is 9.50. The molecular weight excluding hydrogens is 721 g/mol. The van der Waals surface area contributed by atoms with E-state index in [1.54, 1.807) is 42.1 Å². The molecule has 2 aliphatic carbocycles. The molecule has 54 heavy (non-hydrogen) atoms. The van der Waals surface area contributed by atoms with Crippen LogP contribution in [0, 0.1) is 6.92 Å². The van der Waals surface area contributed by atoms with Crippen LogP contribution in [0.1, 0.15) is 102 Å². The molecule has 10 heteroatoms. The summed E-state index contributed by atoms with van der Waals surface area (Å²) in [7, 11) is 1.29. The van der Waals surface area contributed by atoms with Crippen molar-refractivity contribution in [3.05, 3.63) is 146 Å². The number of carbonyl (C=O) groups excluding carboxylic acids is 3. The smallest absolute Gasteiger partial charge is 0.266 e. The Bertz CT molecular complexity index is 2440. The predicted molar refractivity (Wildman–Crippen MR) is 213 cm³/mol. The van der Waals surface area contributed by atoms with E-state index >= 15 is 4.48 Å². The number of pyridine rings is 1. The first kappa shape index (κ1) is 35.9. The first-order valence-corrected chi connectivity index (χ1v) is 19.4. The number of aryl methyl sites for hydroxylation is 2. The highest BCUT2D eigenvalue weighted by Crippen LogP contribution is 2.45. The number of imide groups is 1. The number of ketones is 1. The number of unbranched alkanes of at least 4 members (excludes halogenated alkanes) is 1. The molecule has 5 aromatic rings. The monoisotopic (exact) mass is 757 g/mol. The third-order valence-corrected chi connectivity index (χ3v) is 12.1. The summed E-state index contributed by atoms with van der Waals surface area (Å²) in [6, 6.07) is 22.3. The first-order valence-electron chi connectivity index (χ1n) is 18.0. The van der Waals surface area contributed by atoms with Gasteiger partial charge in [0.25, 0.3) is 11.8 Å². The molecule has 4 aromatic carbocycles. The van der Waals surface area contributed by atoms with E-state index in [0.29, 0.717) is 79.0 Å². The standard InChI is InChI=1S/C44H37ClFN3O4S/c1-5-6-19-54-29-14-15-31-34(22-29)44(52)48(43(31)51)38-18-13-27(21-28-11-7-9-26-10-8-12-37(40(26)28)49(46)53-4)30-16-17-36(47-41(30)38)39-25(3)32-23-35(45)24(2)20-33(32)42(39)50/h7,9,11-18,20,22-23,39H,3,5-6,8,10,19,21H2,1-2,4H3. The van der Waals surface area contributed by atoms with Crippen LogP contribution in [-0.2, 0) is 17.7 Å². The Morgan fingerprint density at radius 1 is 0.981 bits per heavy atom. The molecule has 0 radical (unpaired) electrons. The molecule has 1 aliphatic heterocycles. The molecule has 0 N–H and O–H groups in total. The maximum atomic E-state index is 15.0. The van der Waals surface area contributed by atoms with E-state index in [1.807, 2.05) is 55.5 Å². The van der Waals surface area contributed by atoms with Crippen molar-refractivity contribution in [3.63, 3.8) is 0 Å². The largest absolute Gasteiger partial charge is 0.293 e. The number of anilines is 1. The molecule has 3 aliphatic rings. The van der Waals surface area contributed by atoms with Crippen LogP contribution in [0.4, 0.5) is 10.2 Å². The number of halogens is 2. The molecule has 7 nitrogen and oxygen atoms in total. The molecule has 0 fully saturated rings. The number of hydrogen-bond donors (Lipinski definition) is 0. The molecule has 0 saturated carbocycles. The number of benzene rings is 4. The van der Waals surface area contributed by atoms with Crippen molar-refractivity contribution in [1.29, 1.82) is 0 Å². The normalized spacial score (nSPS) is 16.2. The predicted octanol–water partition coefficient (Wildman–Crippen LogP) is 10.5. The van der Waals surface area contributed by atoms with Crippen LogP contribution in [0.25, 0.3) is 22.2 Å². The summed E-state index contributed by atoms with van der Waals surface area (Å²) in [6.07, 6.45) is 5.78. The zero-order valence-electron chi connectivity index (χ0n) is 30.2. The van der Waals surface area contributed by atoms with Gasteiger partial charge >= 0.3 is 0 Å². The van der Waals surface area contributed by atoms with Crippen LogP contribution in [0.2, 0.25) is 5.02 Å². The molecule has 0 saturated heterocycles. The molecule has 1 aromatic heterocycles. The van der Waals surface area contributed by atoms with E-state index in [0.717, 1.165) is 57.7 Å². The van der Waals surface area contributed by atoms with Crippen molar-refractivity contribution < 1.29 is 23.7 Å². The summed E-state index contributed by atoms with van der Waals surface area (Å²) in [5.74, 6) is -0.867. The first-order chi connectivity index (χ1) is 26.1. The topological polar surface area (TPSA) is 79.8 Å². The highest BCUT2D eigenvalue weighted by atomic mass is 35.5. The molecule has 2 heterocycles. The number of nitrogens with zero attached hydrogens (tertiary/aromatic N) is 3. The second-order valence-corrected chi connectivity index (χ2v) is 15.5. The van der Waals surface area contributed by atoms with Gasteiger partial charge in [-0.3, -0.25) is 14.4 Å². The van der Waals surface area contributed by atoms with Gasteiger partial charge in [-0.15, -0.1) is 11.8 Å². The fourth-order valence-corrected chi connectivity index (χ4v) is 9.03. The van der Waals surface area contributed by atoms with Gasteiger partial charge in [-0.05, 0) is 114 Å². The van der Waals surface area contributed by atoms with Crippen molar-refractivity contribution in [2.24, 2.45) is 0 Å². The molecule has 0 bridgehead atoms. The average molecular weight is 758 g/mol. The highest BCUT2D eigenvalue weighted by molar-refractivity contribution is 7.99. The van der Waals surface area contributed by atoms with Crippen LogP contribution >= 0.6 is 23.4 Å². The third-order valence-electron chi connectivity index (χ3n) is 10.6. The number of allylic oxidation sites excluding steroid dienone is 2. The third kappa shape index (κ3) is 5.95. The van der Waals surface area contributed by atoms with Gasteiger partial charge in [-0.25, -0.2) is 14.7 Å². The van der Waals surface area contributed by atoms with Crippen molar-refractivity contribution in [1.82, 2.24) is 10.3 Å². The van der Waals surface area contributed by atoms with Gasteiger partial charge in [0.2, 0.25) is 0 Å². The number of thioether (sulfide) groups is 1. The van der Waals surface area contributed by atoms with E-state index in [9.17, 15) is 14.4 Å². The van der Waals surface area contributed by atoms with Gasteiger partial charge in [0, 0.05) is 26.4 Å². The minimum absolute atomic E-state index is 0.141. The van der Waals surface area contributed by atoms with Crippen LogP contribution in [0.3, 0.4) is 0 Å². The van der Waals surface area contributed by atoms with Crippen molar-refractivity contribution in [3.8, 4) is 0 Å². The quantitative estimate of drug-likeness (QED) is 0.0461. The minimum Gasteiger partial charge on any atom is -0.293 e. The zero-order chi connectivity index (χ0) is 37.8. The molecule has 0 spiro atoms. The molecule has 1 atom stereocenters. The van der Waals surface area contributed by atoms with Gasteiger partial charge in [0.05, 0.1) is 41.1 Å². The summed E-state index contributed by atoms with van der Waals surface area (Å²) in [4.78, 5) is 54.4. The van der Waals surface area contributed by atoms with E-state index in [2.05, 4.69) is 13.5 Å². The highest BCUT2D eigenvalue weighted by Gasteiger charge is 2.40. The lowest BCUT2D eigenvalue weighted by atomic mass is 9.87. The van der Waals surface area contributed by atoms with E-state index in [1.165, 1.54) is 12.0 Å². The Hall–Kier alpha value is -5.09. The number of carbonyl (C=O) groups is 3. The number of Topliss-reactive ketones (excluding diaryl/α,β-unsaturated/α-hetero) is 1. The Morgan fingerprint density at radius 2 is 1.80 bits per heavy atom. The Morgan fingerprint density at radius 3 is 2.59 bits per heavy atom. The molecule has 1 unspecified atom stereocenters. The number of hydroxylamine groups is 1. The maximum absolute atomic E-state index is 15.0. The minimum atomic E-state index is -0.776. The van der Waals surface area contributed by atoms with E-state index in [4.69, 9.17) is 21.4 Å². The van der Waals surface area contributed by atoms with Crippen LogP contribution < -0.4 is 4.90 Å². The Labute approximate surface area is 322 Å². The number of fused-ring (bicyclic) bond motifs is 4. The summed E-state index contributed by atoms with van der Waals surface area (Å²) >= 11 is 8.13. The number of aromatic nitrogens is 1. The fraction of sp³-hybridized carbons (Fsp3) is 0.227. The van der Waals surface area contributed by atoms with Crippen molar-refractivity contribution >= 4 is 68.8 Å². The number of rotatable bonds is 10. The van der Waals surface area contributed by atoms with Crippen molar-refractivity contribution in [2.45, 2.75) is 56.8 Å². The number of amides is 2. The van der Waals surface area contributed by atoms with Crippen LogP contribution in [0.15, 0.2) is 90.3 Å². The Balaban J connectivity index is 1.26. The van der Waals surface area contributed by atoms with E-state index in [-0.39, 0.29) is 5.78 Å². The lowest BCUT2D eigenvalue weighted by Gasteiger charge is -2.24. The number of hydrogen-bond acceptors (Lipinski definition) is 7. The lowest BCUT2D eigenvalue weighted by molar-refractivity contribution is -0.209. The molecular formula is C44H37ClFN3O4S. The molecule has 272 valence electrons. The van der Waals surface area contributed by atoms with Gasteiger partial charge in [0.1, 0.15) is 5.70 Å². The van der Waals surface area contributed by atoms with Gasteiger partial charge in [0.15, 0.2) is 5.78 Å². The second kappa shape index (κ2) is 14.3. The van der Waals surface area contributed by atoms with Gasteiger partial charge in [-0.2, -0.15) is 0 Å². The molecule has 8 rings (SSSR count). The van der Waals surface area contributed by atoms with Crippen molar-refractivity contribution in [2.75, 3.05) is 17.8 Å². The van der Waals surface area contributed by atoms with E-state index < -0.39 is 17.7 Å². The second-order valence-electron chi connectivity index (χ2n) is 13.9. The average Bonchev–Trinajstić information content (AvgIpc) is 3.57. The maximum Gasteiger partial charge on any atom is 0.266 e.